The smallest absolute Gasteiger partial charge is 0.322 e. The number of likely N-dealkylation sites (N-methyl/N-ethyl adjacent to an activating group) is 1. The summed E-state index contributed by atoms with van der Waals surface area (Å²) in [5.41, 5.74) is -0.338. The van der Waals surface area contributed by atoms with E-state index in [1.54, 1.807) is 0 Å². The molecule has 6 heteroatoms. The molecule has 1 N–H and O–H groups in total. The third kappa shape index (κ3) is 2.63. The van der Waals surface area contributed by atoms with Crippen LogP contribution in [0.1, 0.15) is 38.5 Å². The number of likely N-dealkylation sites (tertiary alicyclic amines) is 1. The Balaban J connectivity index is 1.77. The molecule has 124 valence electrons. The summed E-state index contributed by atoms with van der Waals surface area (Å²) in [4.78, 5) is 30.7. The summed E-state index contributed by atoms with van der Waals surface area (Å²) < 4.78 is 0. The van der Waals surface area contributed by atoms with Gasteiger partial charge in [-0.25, -0.2) is 0 Å². The Hall–Kier alpha value is -1.14. The van der Waals surface area contributed by atoms with E-state index in [-0.39, 0.29) is 11.4 Å². The summed E-state index contributed by atoms with van der Waals surface area (Å²) in [6.45, 7) is 3.64. The highest BCUT2D eigenvalue weighted by Crippen LogP contribution is 2.39. The molecular formula is C16H27N3O3. The number of nitrogens with zero attached hydrogens (tertiary/aromatic N) is 3. The van der Waals surface area contributed by atoms with Crippen molar-refractivity contribution in [1.82, 2.24) is 14.7 Å². The zero-order valence-electron chi connectivity index (χ0n) is 13.5. The fourth-order valence-corrected chi connectivity index (χ4v) is 4.39. The molecule has 2 saturated heterocycles. The van der Waals surface area contributed by atoms with Crippen molar-refractivity contribution in [2.45, 2.75) is 50.1 Å². The van der Waals surface area contributed by atoms with E-state index >= 15 is 0 Å². The van der Waals surface area contributed by atoms with Crippen LogP contribution < -0.4 is 0 Å². The number of aliphatic carboxylic acids is 1. The highest BCUT2D eigenvalue weighted by atomic mass is 16.4. The quantitative estimate of drug-likeness (QED) is 0.828. The van der Waals surface area contributed by atoms with Gasteiger partial charge < -0.3 is 10.0 Å². The van der Waals surface area contributed by atoms with E-state index in [0.717, 1.165) is 38.8 Å². The van der Waals surface area contributed by atoms with Gasteiger partial charge in [-0.05, 0) is 45.8 Å². The van der Waals surface area contributed by atoms with Gasteiger partial charge in [-0.1, -0.05) is 12.8 Å². The molecule has 3 aliphatic rings. The lowest BCUT2D eigenvalue weighted by Crippen LogP contribution is -2.63. The second-order valence-electron chi connectivity index (χ2n) is 7.02. The topological polar surface area (TPSA) is 64.1 Å². The fraction of sp³-hybridized carbons (Fsp3) is 0.875. The molecule has 1 atom stereocenters. The Morgan fingerprint density at radius 2 is 1.64 bits per heavy atom. The number of hydrogen-bond acceptors (Lipinski definition) is 4. The number of carbonyl (C=O) groups excluding carboxylic acids is 1. The van der Waals surface area contributed by atoms with Crippen LogP contribution in [0.15, 0.2) is 0 Å². The van der Waals surface area contributed by atoms with Crippen LogP contribution in [0.5, 0.6) is 0 Å². The first-order valence-electron chi connectivity index (χ1n) is 8.52. The first kappa shape index (κ1) is 15.7. The van der Waals surface area contributed by atoms with Crippen LogP contribution in [0.4, 0.5) is 0 Å². The van der Waals surface area contributed by atoms with Crippen LogP contribution in [-0.4, -0.2) is 83.0 Å². The van der Waals surface area contributed by atoms with Crippen LogP contribution in [-0.2, 0) is 9.59 Å². The Labute approximate surface area is 132 Å². The third-order valence-electron chi connectivity index (χ3n) is 5.76. The lowest BCUT2D eigenvalue weighted by Gasteiger charge is -2.44. The maximum atomic E-state index is 13.3. The van der Waals surface area contributed by atoms with Gasteiger partial charge in [0.25, 0.3) is 0 Å². The van der Waals surface area contributed by atoms with E-state index in [4.69, 9.17) is 0 Å². The molecule has 1 amide bonds. The predicted molar refractivity (Wildman–Crippen MR) is 82.6 cm³/mol. The SMILES string of the molecule is CN1CCN(C(=O)C2(N3CCCC3)CCCC2)C[C@H]1C(=O)O. The summed E-state index contributed by atoms with van der Waals surface area (Å²) in [5, 5.41) is 9.36. The molecular weight excluding hydrogens is 282 g/mol. The van der Waals surface area contributed by atoms with Crippen molar-refractivity contribution in [3.63, 3.8) is 0 Å². The van der Waals surface area contributed by atoms with E-state index in [2.05, 4.69) is 4.90 Å². The van der Waals surface area contributed by atoms with Crippen molar-refractivity contribution in [2.75, 3.05) is 39.8 Å². The molecule has 0 aromatic carbocycles. The zero-order chi connectivity index (χ0) is 15.7. The molecule has 0 aromatic rings. The van der Waals surface area contributed by atoms with Crippen LogP contribution in [0.25, 0.3) is 0 Å². The van der Waals surface area contributed by atoms with Gasteiger partial charge in [0.2, 0.25) is 5.91 Å². The van der Waals surface area contributed by atoms with Crippen LogP contribution >= 0.6 is 0 Å². The van der Waals surface area contributed by atoms with Crippen molar-refractivity contribution in [2.24, 2.45) is 0 Å². The molecule has 0 unspecified atom stereocenters. The minimum Gasteiger partial charge on any atom is -0.480 e. The molecule has 22 heavy (non-hydrogen) atoms. The van der Waals surface area contributed by atoms with Gasteiger partial charge in [0.05, 0.1) is 0 Å². The summed E-state index contributed by atoms with van der Waals surface area (Å²) in [6.07, 6.45) is 6.45. The predicted octanol–water partition coefficient (Wildman–Crippen LogP) is 0.622. The highest BCUT2D eigenvalue weighted by molar-refractivity contribution is 5.88. The van der Waals surface area contributed by atoms with E-state index in [1.165, 1.54) is 12.8 Å². The van der Waals surface area contributed by atoms with Crippen LogP contribution in [0.3, 0.4) is 0 Å². The maximum Gasteiger partial charge on any atom is 0.322 e. The normalized spacial score (nSPS) is 29.9. The summed E-state index contributed by atoms with van der Waals surface area (Å²) >= 11 is 0. The Kier molecular flexibility index (Phi) is 4.41. The second-order valence-corrected chi connectivity index (χ2v) is 7.02. The highest BCUT2D eigenvalue weighted by Gasteiger charge is 2.49. The number of rotatable bonds is 3. The standard InChI is InChI=1S/C16H27N3O3/c1-17-10-11-18(12-13(17)14(20)21)15(22)16(6-2-3-7-16)19-8-4-5-9-19/h13H,2-12H2,1H3,(H,20,21)/t13-/m0/s1. The van der Waals surface area contributed by atoms with E-state index < -0.39 is 12.0 Å². The number of hydrogen-bond donors (Lipinski definition) is 1. The number of carboxylic acids is 1. The van der Waals surface area contributed by atoms with Gasteiger partial charge in [0, 0.05) is 19.6 Å². The van der Waals surface area contributed by atoms with E-state index in [9.17, 15) is 14.7 Å². The first-order valence-corrected chi connectivity index (χ1v) is 8.52. The molecule has 2 heterocycles. The van der Waals surface area contributed by atoms with Gasteiger partial charge in [0.15, 0.2) is 0 Å². The minimum absolute atomic E-state index is 0.186. The third-order valence-corrected chi connectivity index (χ3v) is 5.76. The zero-order valence-corrected chi connectivity index (χ0v) is 13.5. The van der Waals surface area contributed by atoms with E-state index in [0.29, 0.717) is 19.6 Å². The Bertz CT molecular complexity index is 442. The van der Waals surface area contributed by atoms with Crippen molar-refractivity contribution >= 4 is 11.9 Å². The molecule has 1 aliphatic carbocycles. The molecule has 6 nitrogen and oxygen atoms in total. The van der Waals surface area contributed by atoms with Crippen LogP contribution in [0.2, 0.25) is 0 Å². The number of amides is 1. The molecule has 2 aliphatic heterocycles. The minimum atomic E-state index is -0.832. The fourth-order valence-electron chi connectivity index (χ4n) is 4.39. The summed E-state index contributed by atoms with van der Waals surface area (Å²) in [5.74, 6) is -0.645. The molecule has 3 fully saturated rings. The van der Waals surface area contributed by atoms with Crippen molar-refractivity contribution in [1.29, 1.82) is 0 Å². The van der Waals surface area contributed by atoms with Gasteiger partial charge in [-0.2, -0.15) is 0 Å². The summed E-state index contributed by atoms with van der Waals surface area (Å²) in [7, 11) is 1.83. The monoisotopic (exact) mass is 309 g/mol. The van der Waals surface area contributed by atoms with Gasteiger partial charge in [-0.15, -0.1) is 0 Å². The number of piperazine rings is 1. The average molecular weight is 309 g/mol. The molecule has 1 saturated carbocycles. The molecule has 3 rings (SSSR count). The summed E-state index contributed by atoms with van der Waals surface area (Å²) in [6, 6.07) is -0.574. The maximum absolute atomic E-state index is 13.3. The molecule has 0 aromatic heterocycles. The van der Waals surface area contributed by atoms with Gasteiger partial charge in [-0.3, -0.25) is 19.4 Å². The van der Waals surface area contributed by atoms with Gasteiger partial charge >= 0.3 is 5.97 Å². The van der Waals surface area contributed by atoms with Crippen molar-refractivity contribution < 1.29 is 14.7 Å². The lowest BCUT2D eigenvalue weighted by atomic mass is 9.92. The van der Waals surface area contributed by atoms with Crippen molar-refractivity contribution in [3.05, 3.63) is 0 Å². The number of carboxylic acid groups (broad SMARTS) is 1. The second kappa shape index (κ2) is 6.16. The molecule has 0 spiro atoms. The number of carbonyl (C=O) groups is 2. The largest absolute Gasteiger partial charge is 0.480 e. The van der Waals surface area contributed by atoms with Crippen molar-refractivity contribution in [3.8, 4) is 0 Å². The van der Waals surface area contributed by atoms with Crippen LogP contribution in [0, 0.1) is 0 Å². The van der Waals surface area contributed by atoms with E-state index in [1.807, 2.05) is 16.8 Å². The lowest BCUT2D eigenvalue weighted by molar-refractivity contribution is -0.152. The molecule has 0 radical (unpaired) electrons. The Morgan fingerprint density at radius 3 is 2.23 bits per heavy atom. The molecule has 0 bridgehead atoms. The first-order chi connectivity index (χ1) is 10.5. The van der Waals surface area contributed by atoms with Gasteiger partial charge in [0.1, 0.15) is 11.6 Å². The average Bonchev–Trinajstić information content (AvgIpc) is 3.18. The Morgan fingerprint density at radius 1 is 1.00 bits per heavy atom.